The Morgan fingerprint density at radius 1 is 1.29 bits per heavy atom. The van der Waals surface area contributed by atoms with Crippen molar-refractivity contribution in [2.45, 2.75) is 13.3 Å². The lowest BCUT2D eigenvalue weighted by Crippen LogP contribution is -2.34. The van der Waals surface area contributed by atoms with Crippen molar-refractivity contribution in [2.75, 3.05) is 19.7 Å². The second-order valence-electron chi connectivity index (χ2n) is 3.69. The van der Waals surface area contributed by atoms with Crippen LogP contribution in [0.1, 0.15) is 23.7 Å². The van der Waals surface area contributed by atoms with E-state index in [2.05, 4.69) is 0 Å². The molecule has 0 saturated heterocycles. The fourth-order valence-corrected chi connectivity index (χ4v) is 1.58. The van der Waals surface area contributed by atoms with E-state index in [1.165, 1.54) is 23.1 Å². The number of hydrogen-bond acceptors (Lipinski definition) is 4. The summed E-state index contributed by atoms with van der Waals surface area (Å²) >= 11 is 0. The molecule has 0 unspecified atom stereocenters. The van der Waals surface area contributed by atoms with Crippen LogP contribution in [0.2, 0.25) is 0 Å². The number of hydrogen-bond donors (Lipinski definition) is 3. The number of carbonyl (C=O) groups excluding carboxylic acids is 1. The third kappa shape index (κ3) is 3.10. The topological polar surface area (TPSA) is 81.0 Å². The lowest BCUT2D eigenvalue weighted by molar-refractivity contribution is 0.0718. The zero-order valence-electron chi connectivity index (χ0n) is 9.76. The number of carbonyl (C=O) groups is 1. The van der Waals surface area contributed by atoms with Gasteiger partial charge in [-0.25, -0.2) is 0 Å². The second-order valence-corrected chi connectivity index (χ2v) is 3.69. The van der Waals surface area contributed by atoms with E-state index in [0.717, 1.165) is 6.42 Å². The Morgan fingerprint density at radius 3 is 2.59 bits per heavy atom. The molecular weight excluding hydrogens is 222 g/mol. The van der Waals surface area contributed by atoms with Crippen molar-refractivity contribution in [3.63, 3.8) is 0 Å². The minimum Gasteiger partial charge on any atom is -0.504 e. The lowest BCUT2D eigenvalue weighted by Gasteiger charge is -2.21. The van der Waals surface area contributed by atoms with Crippen molar-refractivity contribution in [2.24, 2.45) is 0 Å². The Bertz CT molecular complexity index is 386. The molecule has 1 aromatic rings. The van der Waals surface area contributed by atoms with E-state index in [-0.39, 0.29) is 24.5 Å². The van der Waals surface area contributed by atoms with Gasteiger partial charge in [-0.15, -0.1) is 0 Å². The number of para-hydroxylation sites is 1. The van der Waals surface area contributed by atoms with Crippen LogP contribution < -0.4 is 0 Å². The van der Waals surface area contributed by atoms with Gasteiger partial charge in [-0.2, -0.15) is 0 Å². The van der Waals surface area contributed by atoms with Gasteiger partial charge < -0.3 is 20.2 Å². The number of aliphatic hydroxyl groups is 1. The zero-order chi connectivity index (χ0) is 12.8. The van der Waals surface area contributed by atoms with Gasteiger partial charge in [-0.1, -0.05) is 13.0 Å². The van der Waals surface area contributed by atoms with Gasteiger partial charge in [-0.3, -0.25) is 4.79 Å². The molecule has 1 amide bonds. The second kappa shape index (κ2) is 6.10. The molecule has 0 aromatic heterocycles. The molecule has 0 aliphatic rings. The zero-order valence-corrected chi connectivity index (χ0v) is 9.76. The van der Waals surface area contributed by atoms with Crippen molar-refractivity contribution in [3.8, 4) is 11.5 Å². The Morgan fingerprint density at radius 2 is 2.00 bits per heavy atom. The molecule has 0 saturated carbocycles. The van der Waals surface area contributed by atoms with Crippen LogP contribution in [-0.4, -0.2) is 45.8 Å². The van der Waals surface area contributed by atoms with Crippen molar-refractivity contribution in [1.82, 2.24) is 4.90 Å². The van der Waals surface area contributed by atoms with Crippen LogP contribution in [0.5, 0.6) is 11.5 Å². The highest BCUT2D eigenvalue weighted by Crippen LogP contribution is 2.29. The first-order chi connectivity index (χ1) is 8.11. The largest absolute Gasteiger partial charge is 0.504 e. The number of aliphatic hydroxyl groups excluding tert-OH is 1. The number of rotatable bonds is 5. The minimum atomic E-state index is -0.420. The summed E-state index contributed by atoms with van der Waals surface area (Å²) in [4.78, 5) is 13.5. The Labute approximate surface area is 99.9 Å². The lowest BCUT2D eigenvalue weighted by atomic mass is 10.1. The Kier molecular flexibility index (Phi) is 4.78. The van der Waals surface area contributed by atoms with Gasteiger partial charge in [0, 0.05) is 13.1 Å². The van der Waals surface area contributed by atoms with E-state index in [9.17, 15) is 15.0 Å². The first kappa shape index (κ1) is 13.3. The van der Waals surface area contributed by atoms with E-state index in [4.69, 9.17) is 5.11 Å². The van der Waals surface area contributed by atoms with Crippen LogP contribution in [-0.2, 0) is 0 Å². The fraction of sp³-hybridized carbons (Fsp3) is 0.417. The molecule has 1 rings (SSSR count). The first-order valence-electron chi connectivity index (χ1n) is 5.52. The fourth-order valence-electron chi connectivity index (χ4n) is 1.58. The maximum atomic E-state index is 12.0. The summed E-state index contributed by atoms with van der Waals surface area (Å²) in [5, 5.41) is 27.8. The quantitative estimate of drug-likeness (QED) is 0.668. The molecule has 5 nitrogen and oxygen atoms in total. The van der Waals surface area contributed by atoms with E-state index in [1.807, 2.05) is 6.92 Å². The molecule has 0 bridgehead atoms. The molecule has 0 fully saturated rings. The van der Waals surface area contributed by atoms with Gasteiger partial charge >= 0.3 is 0 Å². The number of phenolic OH excluding ortho intramolecular Hbond substituents is 2. The molecule has 0 aliphatic carbocycles. The SMILES string of the molecule is CCCN(CCO)C(=O)c1cccc(O)c1O. The summed E-state index contributed by atoms with van der Waals surface area (Å²) in [5.41, 5.74) is 0.0481. The van der Waals surface area contributed by atoms with Gasteiger partial charge in [0.15, 0.2) is 11.5 Å². The van der Waals surface area contributed by atoms with Gasteiger partial charge in [-0.05, 0) is 18.6 Å². The van der Waals surface area contributed by atoms with E-state index in [0.29, 0.717) is 6.54 Å². The molecule has 3 N–H and O–H groups in total. The average molecular weight is 239 g/mol. The molecule has 0 aliphatic heterocycles. The highest BCUT2D eigenvalue weighted by molar-refractivity contribution is 5.97. The van der Waals surface area contributed by atoms with Gasteiger partial charge in [0.05, 0.1) is 12.2 Å². The molecule has 94 valence electrons. The molecule has 0 heterocycles. The summed E-state index contributed by atoms with van der Waals surface area (Å²) in [6.07, 6.45) is 0.755. The maximum Gasteiger partial charge on any atom is 0.257 e. The van der Waals surface area contributed by atoms with Crippen LogP contribution in [0.4, 0.5) is 0 Å². The summed E-state index contributed by atoms with van der Waals surface area (Å²) < 4.78 is 0. The van der Waals surface area contributed by atoms with Gasteiger partial charge in [0.25, 0.3) is 5.91 Å². The smallest absolute Gasteiger partial charge is 0.257 e. The van der Waals surface area contributed by atoms with Crippen LogP contribution in [0, 0.1) is 0 Å². The van der Waals surface area contributed by atoms with E-state index >= 15 is 0 Å². The third-order valence-corrected chi connectivity index (χ3v) is 2.40. The summed E-state index contributed by atoms with van der Waals surface area (Å²) in [5.74, 6) is -1.14. The molecule has 17 heavy (non-hydrogen) atoms. The highest BCUT2D eigenvalue weighted by Gasteiger charge is 2.19. The number of phenols is 2. The number of amides is 1. The van der Waals surface area contributed by atoms with Crippen molar-refractivity contribution < 1.29 is 20.1 Å². The predicted molar refractivity (Wildman–Crippen MR) is 63.1 cm³/mol. The number of benzene rings is 1. The minimum absolute atomic E-state index is 0.0481. The predicted octanol–water partition coefficient (Wildman–Crippen LogP) is 0.942. The third-order valence-electron chi connectivity index (χ3n) is 2.40. The molecule has 0 radical (unpaired) electrons. The Balaban J connectivity index is 2.96. The maximum absolute atomic E-state index is 12.0. The van der Waals surface area contributed by atoms with Gasteiger partial charge in [0.1, 0.15) is 0 Å². The summed E-state index contributed by atoms with van der Waals surface area (Å²) in [6, 6.07) is 4.24. The van der Waals surface area contributed by atoms with Gasteiger partial charge in [0.2, 0.25) is 0 Å². The standard InChI is InChI=1S/C12H17NO4/c1-2-6-13(7-8-14)12(17)9-4-3-5-10(15)11(9)16/h3-5,14-16H,2,6-8H2,1H3. The van der Waals surface area contributed by atoms with Crippen LogP contribution in [0.15, 0.2) is 18.2 Å². The van der Waals surface area contributed by atoms with Crippen LogP contribution in [0.25, 0.3) is 0 Å². The van der Waals surface area contributed by atoms with E-state index < -0.39 is 11.7 Å². The van der Waals surface area contributed by atoms with Crippen LogP contribution in [0.3, 0.4) is 0 Å². The molecule has 5 heteroatoms. The summed E-state index contributed by atoms with van der Waals surface area (Å²) in [6.45, 7) is 2.49. The normalized spacial score (nSPS) is 10.2. The van der Waals surface area contributed by atoms with E-state index in [1.54, 1.807) is 0 Å². The average Bonchev–Trinajstić information content (AvgIpc) is 2.31. The number of aromatic hydroxyl groups is 2. The summed E-state index contributed by atoms with van der Waals surface area (Å²) in [7, 11) is 0. The molecule has 1 aromatic carbocycles. The molecule has 0 atom stereocenters. The molecule has 0 spiro atoms. The van der Waals surface area contributed by atoms with Crippen molar-refractivity contribution >= 4 is 5.91 Å². The van der Waals surface area contributed by atoms with Crippen LogP contribution >= 0.6 is 0 Å². The monoisotopic (exact) mass is 239 g/mol. The molecular formula is C12H17NO4. The first-order valence-corrected chi connectivity index (χ1v) is 5.52. The van der Waals surface area contributed by atoms with Crippen molar-refractivity contribution in [3.05, 3.63) is 23.8 Å². The van der Waals surface area contributed by atoms with Crippen molar-refractivity contribution in [1.29, 1.82) is 0 Å². The highest BCUT2D eigenvalue weighted by atomic mass is 16.3. The number of nitrogens with zero attached hydrogens (tertiary/aromatic N) is 1. The Hall–Kier alpha value is -1.75.